The van der Waals surface area contributed by atoms with Gasteiger partial charge in [-0.2, -0.15) is 0 Å². The fourth-order valence-electron chi connectivity index (χ4n) is 3.45. The first kappa shape index (κ1) is 24.6. The van der Waals surface area contributed by atoms with E-state index in [0.29, 0.717) is 6.61 Å². The fraction of sp³-hybridized carbons (Fsp3) is 0.500. The molecule has 172 valence electrons. The van der Waals surface area contributed by atoms with Crippen molar-refractivity contribution in [3.63, 3.8) is 0 Å². The van der Waals surface area contributed by atoms with Crippen molar-refractivity contribution in [1.29, 1.82) is 0 Å². The minimum atomic E-state index is -2.43. The number of benzene rings is 1. The van der Waals surface area contributed by atoms with E-state index in [1.807, 2.05) is 0 Å². The molecule has 0 unspecified atom stereocenters. The third-order valence-corrected chi connectivity index (χ3v) is 4.91. The van der Waals surface area contributed by atoms with Crippen molar-refractivity contribution in [3.8, 4) is 0 Å². The van der Waals surface area contributed by atoms with Crippen LogP contribution in [0.15, 0.2) is 12.7 Å². The smallest absolute Gasteiger partial charge is 0.441 e. The molecule has 0 aliphatic heterocycles. The van der Waals surface area contributed by atoms with E-state index >= 15 is 0 Å². The number of hydroxylamine groups is 1. The zero-order valence-corrected chi connectivity index (χ0v) is 16.7. The van der Waals surface area contributed by atoms with Gasteiger partial charge in [0.25, 0.3) is 0 Å². The number of hydrogen-bond acceptors (Lipinski definition) is 5. The Morgan fingerprint density at radius 2 is 1.58 bits per heavy atom. The molecule has 1 aliphatic rings. The maximum absolute atomic E-state index is 13.7. The number of nitrogens with one attached hydrogen (secondary N) is 1. The van der Waals surface area contributed by atoms with Crippen LogP contribution in [0.4, 0.5) is 26.7 Å². The first-order valence-corrected chi connectivity index (χ1v) is 9.66. The van der Waals surface area contributed by atoms with Gasteiger partial charge in [0.05, 0.1) is 0 Å². The van der Waals surface area contributed by atoms with E-state index in [2.05, 4.69) is 11.4 Å². The Kier molecular flexibility index (Phi) is 8.78. The minimum Gasteiger partial charge on any atom is -0.441 e. The van der Waals surface area contributed by atoms with Crippen LogP contribution < -0.4 is 5.48 Å². The Bertz CT molecular complexity index is 800. The fourth-order valence-corrected chi connectivity index (χ4v) is 3.45. The first-order chi connectivity index (χ1) is 14.7. The molecular weight excluding hydrogens is 429 g/mol. The second kappa shape index (κ2) is 11.1. The van der Waals surface area contributed by atoms with E-state index in [9.17, 15) is 31.5 Å². The van der Waals surface area contributed by atoms with Crippen LogP contribution in [0.5, 0.6) is 0 Å². The summed E-state index contributed by atoms with van der Waals surface area (Å²) < 4.78 is 77.7. The second-order valence-corrected chi connectivity index (χ2v) is 6.86. The molecule has 2 rings (SSSR count). The van der Waals surface area contributed by atoms with Gasteiger partial charge in [0.2, 0.25) is 5.82 Å². The molecule has 31 heavy (non-hydrogen) atoms. The third-order valence-electron chi connectivity index (χ3n) is 4.91. The molecule has 1 saturated carbocycles. The van der Waals surface area contributed by atoms with Gasteiger partial charge < -0.3 is 14.3 Å². The van der Waals surface area contributed by atoms with Crippen LogP contribution in [0.2, 0.25) is 0 Å². The van der Waals surface area contributed by atoms with Crippen LogP contribution in [-0.2, 0) is 14.3 Å². The molecule has 1 aliphatic carbocycles. The molecule has 6 nitrogen and oxygen atoms in total. The quantitative estimate of drug-likeness (QED) is 0.214. The summed E-state index contributed by atoms with van der Waals surface area (Å²) >= 11 is 0. The SMILES string of the molecule is C=C[C@@H](OCC)[C@H](OC(=O)NOC(=O)c1c(F)c(F)c(F)c(F)c1F)C1CCCCC1. The first-order valence-electron chi connectivity index (χ1n) is 9.66. The molecule has 0 radical (unpaired) electrons. The van der Waals surface area contributed by atoms with Crippen molar-refractivity contribution in [1.82, 2.24) is 5.48 Å². The maximum atomic E-state index is 13.7. The van der Waals surface area contributed by atoms with E-state index < -0.39 is 58.9 Å². The number of carbonyl (C=O) groups is 2. The highest BCUT2D eigenvalue weighted by molar-refractivity contribution is 5.90. The molecule has 0 bridgehead atoms. The molecule has 0 spiro atoms. The Balaban J connectivity index is 2.09. The van der Waals surface area contributed by atoms with Gasteiger partial charge >= 0.3 is 12.1 Å². The van der Waals surface area contributed by atoms with Gasteiger partial charge in [-0.05, 0) is 25.7 Å². The van der Waals surface area contributed by atoms with Crippen LogP contribution in [0.3, 0.4) is 0 Å². The van der Waals surface area contributed by atoms with Gasteiger partial charge in [0.15, 0.2) is 23.3 Å². The highest BCUT2D eigenvalue weighted by atomic mass is 19.2. The van der Waals surface area contributed by atoms with E-state index in [4.69, 9.17) is 9.47 Å². The summed E-state index contributed by atoms with van der Waals surface area (Å²) in [7, 11) is 0. The summed E-state index contributed by atoms with van der Waals surface area (Å²) in [6.45, 7) is 5.69. The van der Waals surface area contributed by atoms with Crippen LogP contribution in [0, 0.1) is 35.0 Å². The Labute approximate surface area is 175 Å². The lowest BCUT2D eigenvalue weighted by atomic mass is 9.83. The van der Waals surface area contributed by atoms with Crippen molar-refractivity contribution in [2.24, 2.45) is 5.92 Å². The van der Waals surface area contributed by atoms with Crippen molar-refractivity contribution in [2.45, 2.75) is 51.2 Å². The van der Waals surface area contributed by atoms with Gasteiger partial charge in [-0.3, -0.25) is 0 Å². The van der Waals surface area contributed by atoms with Crippen molar-refractivity contribution < 1.29 is 45.9 Å². The topological polar surface area (TPSA) is 73.9 Å². The number of halogens is 5. The highest BCUT2D eigenvalue weighted by Gasteiger charge is 2.34. The van der Waals surface area contributed by atoms with Gasteiger partial charge in [-0.25, -0.2) is 31.5 Å². The monoisotopic (exact) mass is 451 g/mol. The molecule has 0 aromatic heterocycles. The summed E-state index contributed by atoms with van der Waals surface area (Å²) in [5, 5.41) is 0. The van der Waals surface area contributed by atoms with Gasteiger partial charge in [-0.1, -0.05) is 25.3 Å². The van der Waals surface area contributed by atoms with Crippen LogP contribution in [0.1, 0.15) is 49.4 Å². The average Bonchev–Trinajstić information content (AvgIpc) is 2.78. The van der Waals surface area contributed by atoms with E-state index in [0.717, 1.165) is 32.1 Å². The largest absolute Gasteiger partial charge is 0.441 e. The number of ether oxygens (including phenoxy) is 2. The predicted molar refractivity (Wildman–Crippen MR) is 97.2 cm³/mol. The summed E-state index contributed by atoms with van der Waals surface area (Å²) in [4.78, 5) is 28.1. The molecule has 1 amide bonds. The van der Waals surface area contributed by atoms with Crippen molar-refractivity contribution in [2.75, 3.05) is 6.61 Å². The van der Waals surface area contributed by atoms with Crippen LogP contribution in [-0.4, -0.2) is 30.9 Å². The zero-order chi connectivity index (χ0) is 23.1. The van der Waals surface area contributed by atoms with E-state index in [-0.39, 0.29) is 5.92 Å². The minimum absolute atomic E-state index is 0.0695. The molecule has 1 N–H and O–H groups in total. The Morgan fingerprint density at radius 1 is 1.03 bits per heavy atom. The highest BCUT2D eigenvalue weighted by Crippen LogP contribution is 2.31. The summed E-state index contributed by atoms with van der Waals surface area (Å²) in [5.41, 5.74) is -0.341. The summed E-state index contributed by atoms with van der Waals surface area (Å²) in [5.74, 6) is -13.9. The molecule has 1 fully saturated rings. The lowest BCUT2D eigenvalue weighted by Crippen LogP contribution is -2.42. The number of amides is 1. The lowest BCUT2D eigenvalue weighted by Gasteiger charge is -2.33. The normalized spacial score (nSPS) is 16.3. The summed E-state index contributed by atoms with van der Waals surface area (Å²) in [6, 6.07) is 0. The van der Waals surface area contributed by atoms with E-state index in [1.54, 1.807) is 6.92 Å². The van der Waals surface area contributed by atoms with Crippen molar-refractivity contribution >= 4 is 12.1 Å². The Morgan fingerprint density at radius 3 is 2.10 bits per heavy atom. The molecule has 1 aromatic rings. The van der Waals surface area contributed by atoms with Gasteiger partial charge in [-0.15, -0.1) is 12.1 Å². The number of hydrogen-bond donors (Lipinski definition) is 1. The standard InChI is InChI=1S/C20H22F5NO5/c1-3-11(29-4-2)18(10-8-6-5-7-9-10)30-20(28)26-31-19(27)12-13(21)15(23)17(25)16(24)14(12)22/h3,10-11,18H,1,4-9H2,2H3,(H,26,28)/t11-,18-/m1/s1. The van der Waals surface area contributed by atoms with Crippen LogP contribution >= 0.6 is 0 Å². The summed E-state index contributed by atoms with van der Waals surface area (Å²) in [6.07, 6.45) is 3.06. The third kappa shape index (κ3) is 5.72. The van der Waals surface area contributed by atoms with Gasteiger partial charge in [0.1, 0.15) is 17.8 Å². The second-order valence-electron chi connectivity index (χ2n) is 6.86. The van der Waals surface area contributed by atoms with Gasteiger partial charge in [0, 0.05) is 6.61 Å². The molecule has 1 aromatic carbocycles. The molecule has 0 heterocycles. The molecule has 0 saturated heterocycles. The number of rotatable bonds is 7. The number of carbonyl (C=O) groups excluding carboxylic acids is 2. The lowest BCUT2D eigenvalue weighted by molar-refractivity contribution is -0.0593. The molecule has 2 atom stereocenters. The van der Waals surface area contributed by atoms with Crippen LogP contribution in [0.25, 0.3) is 0 Å². The Hall–Kier alpha value is -2.69. The van der Waals surface area contributed by atoms with E-state index in [1.165, 1.54) is 11.6 Å². The maximum Gasteiger partial charge on any atom is 0.441 e. The molecule has 11 heteroatoms. The zero-order valence-electron chi connectivity index (χ0n) is 16.7. The predicted octanol–water partition coefficient (Wildman–Crippen LogP) is 4.72. The molecular formula is C20H22F5NO5. The van der Waals surface area contributed by atoms with Crippen molar-refractivity contribution in [3.05, 3.63) is 47.3 Å². The average molecular weight is 451 g/mol.